The van der Waals surface area contributed by atoms with Gasteiger partial charge in [0.25, 0.3) is 5.91 Å². The first-order valence-corrected chi connectivity index (χ1v) is 12.2. The zero-order chi connectivity index (χ0) is 21.8. The van der Waals surface area contributed by atoms with Crippen LogP contribution in [0.15, 0.2) is 47.4 Å². The van der Waals surface area contributed by atoms with Crippen LogP contribution in [0.3, 0.4) is 0 Å². The average Bonchev–Trinajstić information content (AvgIpc) is 3.04. The Morgan fingerprint density at radius 1 is 0.935 bits per heavy atom. The molecule has 0 aromatic heterocycles. The predicted molar refractivity (Wildman–Crippen MR) is 118 cm³/mol. The number of amides is 1. The first-order chi connectivity index (χ1) is 14.9. The van der Waals surface area contributed by atoms with Crippen LogP contribution in [0.2, 0.25) is 0 Å². The molecule has 31 heavy (non-hydrogen) atoms. The Morgan fingerprint density at radius 3 is 2.32 bits per heavy atom. The van der Waals surface area contributed by atoms with Gasteiger partial charge in [0.15, 0.2) is 11.5 Å². The largest absolute Gasteiger partial charge is 0.490 e. The van der Waals surface area contributed by atoms with Gasteiger partial charge in [-0.3, -0.25) is 4.79 Å². The number of hydrogen-bond acceptors (Lipinski definition) is 5. The Morgan fingerprint density at radius 2 is 1.61 bits per heavy atom. The van der Waals surface area contributed by atoms with E-state index in [9.17, 15) is 13.2 Å². The van der Waals surface area contributed by atoms with E-state index in [0.29, 0.717) is 36.0 Å². The summed E-state index contributed by atoms with van der Waals surface area (Å²) in [5, 5.41) is 2.83. The van der Waals surface area contributed by atoms with Crippen LogP contribution in [0, 0.1) is 0 Å². The van der Waals surface area contributed by atoms with Crippen molar-refractivity contribution >= 4 is 21.6 Å². The fourth-order valence-corrected chi connectivity index (χ4v) is 5.45. The van der Waals surface area contributed by atoms with Gasteiger partial charge in [0.05, 0.1) is 18.1 Å². The lowest BCUT2D eigenvalue weighted by molar-refractivity contribution is 0.102. The molecule has 1 N–H and O–H groups in total. The smallest absolute Gasteiger partial charge is 0.255 e. The van der Waals surface area contributed by atoms with Gasteiger partial charge in [-0.2, -0.15) is 4.31 Å². The number of nitrogens with zero attached hydrogens (tertiary/aromatic N) is 1. The molecule has 166 valence electrons. The minimum Gasteiger partial charge on any atom is -0.490 e. The number of nitrogens with one attached hydrogen (secondary N) is 1. The van der Waals surface area contributed by atoms with E-state index in [-0.39, 0.29) is 16.8 Å². The van der Waals surface area contributed by atoms with Crippen LogP contribution in [0.25, 0.3) is 0 Å². The summed E-state index contributed by atoms with van der Waals surface area (Å²) >= 11 is 0. The maximum Gasteiger partial charge on any atom is 0.255 e. The van der Waals surface area contributed by atoms with E-state index in [0.717, 1.165) is 38.5 Å². The monoisotopic (exact) mass is 444 g/mol. The van der Waals surface area contributed by atoms with Crippen LogP contribution in [0.1, 0.15) is 48.9 Å². The number of benzene rings is 2. The molecule has 2 aromatic carbocycles. The van der Waals surface area contributed by atoms with Gasteiger partial charge in [0.1, 0.15) is 0 Å². The Hall–Kier alpha value is -2.58. The highest BCUT2D eigenvalue weighted by molar-refractivity contribution is 7.89. The minimum absolute atomic E-state index is 0.0427. The van der Waals surface area contributed by atoms with E-state index in [1.165, 1.54) is 16.4 Å². The number of rotatable bonds is 5. The van der Waals surface area contributed by atoms with Gasteiger partial charge < -0.3 is 14.8 Å². The van der Waals surface area contributed by atoms with Crippen molar-refractivity contribution in [3.8, 4) is 11.5 Å². The van der Waals surface area contributed by atoms with Crippen molar-refractivity contribution in [2.75, 3.05) is 25.6 Å². The summed E-state index contributed by atoms with van der Waals surface area (Å²) in [6, 6.07) is 11.4. The van der Waals surface area contributed by atoms with Gasteiger partial charge in [-0.15, -0.1) is 0 Å². The van der Waals surface area contributed by atoms with E-state index in [1.54, 1.807) is 37.4 Å². The highest BCUT2D eigenvalue weighted by Gasteiger charge is 2.29. The molecule has 0 unspecified atom stereocenters. The maximum atomic E-state index is 13.0. The molecule has 2 aromatic rings. The normalized spacial score (nSPS) is 17.2. The molecule has 1 aliphatic heterocycles. The van der Waals surface area contributed by atoms with Gasteiger partial charge in [-0.05, 0) is 49.2 Å². The molecule has 7 nitrogen and oxygen atoms in total. The molecular weight excluding hydrogens is 416 g/mol. The molecule has 0 atom stereocenters. The summed E-state index contributed by atoms with van der Waals surface area (Å²) in [5.41, 5.74) is 0.967. The van der Waals surface area contributed by atoms with Crippen LogP contribution in [-0.2, 0) is 10.0 Å². The second-order valence-electron chi connectivity index (χ2n) is 8.00. The number of anilines is 1. The number of hydrogen-bond donors (Lipinski definition) is 1. The maximum absolute atomic E-state index is 13.0. The molecule has 1 amide bonds. The van der Waals surface area contributed by atoms with E-state index >= 15 is 0 Å². The second-order valence-corrected chi connectivity index (χ2v) is 10.0. The SMILES string of the molecule is CN(C1CCCCC1)S(=O)(=O)c1ccc(C(=O)Nc2ccc3c(c2)OCCCO3)cc1. The second kappa shape index (κ2) is 9.28. The fraction of sp³-hybridized carbons (Fsp3) is 0.435. The molecule has 8 heteroatoms. The van der Waals surface area contributed by atoms with Crippen molar-refractivity contribution in [3.05, 3.63) is 48.0 Å². The summed E-state index contributed by atoms with van der Waals surface area (Å²) in [6.45, 7) is 1.17. The van der Waals surface area contributed by atoms with E-state index in [4.69, 9.17) is 9.47 Å². The summed E-state index contributed by atoms with van der Waals surface area (Å²) in [6.07, 6.45) is 5.88. The summed E-state index contributed by atoms with van der Waals surface area (Å²) in [4.78, 5) is 12.9. The van der Waals surface area contributed by atoms with Crippen molar-refractivity contribution in [2.24, 2.45) is 0 Å². The Balaban J connectivity index is 1.45. The zero-order valence-electron chi connectivity index (χ0n) is 17.7. The highest BCUT2D eigenvalue weighted by atomic mass is 32.2. The molecule has 1 aliphatic carbocycles. The molecule has 1 fully saturated rings. The third-order valence-electron chi connectivity index (χ3n) is 5.89. The van der Waals surface area contributed by atoms with Crippen molar-refractivity contribution < 1.29 is 22.7 Å². The molecular formula is C23H28N2O5S. The summed E-state index contributed by atoms with van der Waals surface area (Å²) in [5.74, 6) is 0.939. The quantitative estimate of drug-likeness (QED) is 0.752. The predicted octanol–water partition coefficient (Wildman–Crippen LogP) is 4.05. The Bertz CT molecular complexity index is 1030. The van der Waals surface area contributed by atoms with Crippen molar-refractivity contribution in [3.63, 3.8) is 0 Å². The van der Waals surface area contributed by atoms with Crippen LogP contribution >= 0.6 is 0 Å². The lowest BCUT2D eigenvalue weighted by Gasteiger charge is -2.30. The molecule has 0 spiro atoms. The first-order valence-electron chi connectivity index (χ1n) is 10.7. The lowest BCUT2D eigenvalue weighted by Crippen LogP contribution is -2.38. The van der Waals surface area contributed by atoms with E-state index in [1.807, 2.05) is 0 Å². The molecule has 1 saturated carbocycles. The van der Waals surface area contributed by atoms with Crippen LogP contribution < -0.4 is 14.8 Å². The lowest BCUT2D eigenvalue weighted by atomic mass is 9.96. The third kappa shape index (κ3) is 4.85. The number of carbonyl (C=O) groups excluding carboxylic acids is 1. The number of carbonyl (C=O) groups is 1. The van der Waals surface area contributed by atoms with Gasteiger partial charge in [-0.25, -0.2) is 8.42 Å². The zero-order valence-corrected chi connectivity index (χ0v) is 18.5. The van der Waals surface area contributed by atoms with Crippen molar-refractivity contribution in [1.29, 1.82) is 0 Å². The molecule has 4 rings (SSSR count). The number of ether oxygens (including phenoxy) is 2. The van der Waals surface area contributed by atoms with Gasteiger partial charge in [0, 0.05) is 36.8 Å². The highest BCUT2D eigenvalue weighted by Crippen LogP contribution is 2.32. The Labute approximate surface area is 183 Å². The van der Waals surface area contributed by atoms with Crippen LogP contribution in [0.5, 0.6) is 11.5 Å². The van der Waals surface area contributed by atoms with E-state index in [2.05, 4.69) is 5.32 Å². The number of sulfonamides is 1. The molecule has 0 radical (unpaired) electrons. The topological polar surface area (TPSA) is 84.9 Å². The average molecular weight is 445 g/mol. The summed E-state index contributed by atoms with van der Waals surface area (Å²) < 4.78 is 38.7. The van der Waals surface area contributed by atoms with E-state index < -0.39 is 10.0 Å². The van der Waals surface area contributed by atoms with Crippen molar-refractivity contribution in [2.45, 2.75) is 49.5 Å². The molecule has 2 aliphatic rings. The molecule has 1 heterocycles. The Kier molecular flexibility index (Phi) is 6.48. The standard InChI is InChI=1S/C23H28N2O5S/c1-25(19-6-3-2-4-7-19)31(27,28)20-11-8-17(9-12-20)23(26)24-18-10-13-21-22(16-18)30-15-5-14-29-21/h8-13,16,19H,2-7,14-15H2,1H3,(H,24,26). The minimum atomic E-state index is -3.58. The molecule has 0 bridgehead atoms. The number of fused-ring (bicyclic) bond motifs is 1. The van der Waals surface area contributed by atoms with Gasteiger partial charge in [0.2, 0.25) is 10.0 Å². The first kappa shape index (κ1) is 21.6. The van der Waals surface area contributed by atoms with Gasteiger partial charge >= 0.3 is 0 Å². The third-order valence-corrected chi connectivity index (χ3v) is 7.81. The van der Waals surface area contributed by atoms with Crippen molar-refractivity contribution in [1.82, 2.24) is 4.31 Å². The van der Waals surface area contributed by atoms with Crippen LogP contribution in [-0.4, -0.2) is 44.9 Å². The van der Waals surface area contributed by atoms with Gasteiger partial charge in [-0.1, -0.05) is 19.3 Å². The fourth-order valence-electron chi connectivity index (χ4n) is 4.03. The summed E-state index contributed by atoms with van der Waals surface area (Å²) in [7, 11) is -1.93. The van der Waals surface area contributed by atoms with Crippen LogP contribution in [0.4, 0.5) is 5.69 Å². The molecule has 0 saturated heterocycles.